The Morgan fingerprint density at radius 1 is 1.35 bits per heavy atom. The van der Waals surface area contributed by atoms with Crippen LogP contribution in [0.25, 0.3) is 0 Å². The highest BCUT2D eigenvalue weighted by Crippen LogP contribution is 2.20. The third-order valence-corrected chi connectivity index (χ3v) is 4.88. The number of aromatic nitrogens is 2. The van der Waals surface area contributed by atoms with Crippen LogP contribution >= 0.6 is 0 Å². The van der Waals surface area contributed by atoms with Gasteiger partial charge in [-0.3, -0.25) is 9.69 Å². The number of carbonyl (C=O) groups is 1. The third kappa shape index (κ3) is 4.71. The fourth-order valence-corrected chi connectivity index (χ4v) is 3.59. The van der Waals surface area contributed by atoms with Crippen LogP contribution in [0.2, 0.25) is 0 Å². The highest BCUT2D eigenvalue weighted by atomic mass is 16.2. The molecule has 1 aliphatic rings. The number of hydrogen-bond acceptors (Lipinski definition) is 4. The molecule has 1 amide bonds. The van der Waals surface area contributed by atoms with Crippen LogP contribution in [0.15, 0.2) is 36.5 Å². The van der Waals surface area contributed by atoms with Crippen LogP contribution < -0.4 is 11.1 Å². The number of hydrogen-bond donors (Lipinski definition) is 2. The van der Waals surface area contributed by atoms with Gasteiger partial charge in [0.05, 0.1) is 24.5 Å². The molecule has 1 aromatic carbocycles. The minimum absolute atomic E-state index is 0.0215. The van der Waals surface area contributed by atoms with Crippen molar-refractivity contribution in [2.45, 2.75) is 45.3 Å². The number of amides is 1. The zero-order valence-corrected chi connectivity index (χ0v) is 15.5. The lowest BCUT2D eigenvalue weighted by molar-refractivity contribution is -0.123. The lowest BCUT2D eigenvalue weighted by Gasteiger charge is -2.24. The average Bonchev–Trinajstić information content (AvgIpc) is 3.07. The molecular formula is C20H29N5O. The van der Waals surface area contributed by atoms with Crippen molar-refractivity contribution in [3.05, 3.63) is 53.6 Å². The van der Waals surface area contributed by atoms with Crippen molar-refractivity contribution in [2.24, 2.45) is 5.73 Å². The molecule has 1 unspecified atom stereocenters. The first-order chi connectivity index (χ1) is 12.7. The Morgan fingerprint density at radius 3 is 2.92 bits per heavy atom. The molecule has 1 aliphatic heterocycles. The molecule has 0 saturated carbocycles. The maximum absolute atomic E-state index is 12.6. The Morgan fingerprint density at radius 2 is 2.15 bits per heavy atom. The largest absolute Gasteiger partial charge is 0.347 e. The van der Waals surface area contributed by atoms with Gasteiger partial charge in [0.25, 0.3) is 0 Å². The summed E-state index contributed by atoms with van der Waals surface area (Å²) in [5, 5.41) is 3.12. The van der Waals surface area contributed by atoms with Gasteiger partial charge in [-0.15, -0.1) is 0 Å². The molecule has 0 bridgehead atoms. The zero-order chi connectivity index (χ0) is 18.4. The van der Waals surface area contributed by atoms with Gasteiger partial charge in [0.2, 0.25) is 5.91 Å². The molecule has 6 heteroatoms. The van der Waals surface area contributed by atoms with E-state index in [1.807, 2.05) is 31.3 Å². The number of nitrogens with one attached hydrogen (secondary N) is 1. The summed E-state index contributed by atoms with van der Waals surface area (Å²) < 4.78 is 2.26. The SMILES string of the molecule is CC(NC(=O)CN(CCN)Cc1ccccc1)c1cnc2n1CCCC2. The molecule has 140 valence electrons. The first-order valence-corrected chi connectivity index (χ1v) is 9.47. The minimum Gasteiger partial charge on any atom is -0.347 e. The molecule has 2 heterocycles. The molecule has 1 aromatic heterocycles. The van der Waals surface area contributed by atoms with Gasteiger partial charge in [0, 0.05) is 32.6 Å². The Hall–Kier alpha value is -2.18. The van der Waals surface area contributed by atoms with Crippen molar-refractivity contribution in [3.8, 4) is 0 Å². The van der Waals surface area contributed by atoms with Crippen LogP contribution in [0.3, 0.4) is 0 Å². The third-order valence-electron chi connectivity index (χ3n) is 4.88. The van der Waals surface area contributed by atoms with E-state index in [1.54, 1.807) is 0 Å². The standard InChI is InChI=1S/C20H29N5O/c1-16(18-13-22-19-9-5-6-11-25(18)19)23-20(26)15-24(12-10-21)14-17-7-3-2-4-8-17/h2-4,7-8,13,16H,5-6,9-12,14-15,21H2,1H3,(H,23,26). The number of benzene rings is 1. The number of aryl methyl sites for hydroxylation is 1. The van der Waals surface area contributed by atoms with Gasteiger partial charge in [-0.25, -0.2) is 4.98 Å². The summed E-state index contributed by atoms with van der Waals surface area (Å²) in [6.45, 7) is 5.32. The zero-order valence-electron chi connectivity index (χ0n) is 15.5. The van der Waals surface area contributed by atoms with E-state index in [0.717, 1.165) is 31.0 Å². The number of imidazole rings is 1. The predicted octanol–water partition coefficient (Wildman–Crippen LogP) is 1.86. The van der Waals surface area contributed by atoms with E-state index in [-0.39, 0.29) is 11.9 Å². The van der Waals surface area contributed by atoms with Gasteiger partial charge in [0.15, 0.2) is 0 Å². The van der Waals surface area contributed by atoms with Crippen molar-refractivity contribution in [1.29, 1.82) is 0 Å². The summed E-state index contributed by atoms with van der Waals surface area (Å²) in [6.07, 6.45) is 5.32. The number of nitrogens with two attached hydrogens (primary N) is 1. The van der Waals surface area contributed by atoms with E-state index < -0.39 is 0 Å². The normalized spacial score (nSPS) is 14.9. The second kappa shape index (κ2) is 8.96. The Bertz CT molecular complexity index is 712. The van der Waals surface area contributed by atoms with Crippen LogP contribution in [0.5, 0.6) is 0 Å². The van der Waals surface area contributed by atoms with Crippen LogP contribution in [0, 0.1) is 0 Å². The summed E-state index contributed by atoms with van der Waals surface area (Å²) in [6, 6.07) is 10.1. The van der Waals surface area contributed by atoms with E-state index in [0.29, 0.717) is 19.6 Å². The van der Waals surface area contributed by atoms with Crippen LogP contribution in [0.4, 0.5) is 0 Å². The molecule has 0 saturated heterocycles. The van der Waals surface area contributed by atoms with E-state index in [4.69, 9.17) is 5.73 Å². The molecular weight excluding hydrogens is 326 g/mol. The van der Waals surface area contributed by atoms with Gasteiger partial charge in [-0.2, -0.15) is 0 Å². The van der Waals surface area contributed by atoms with Crippen molar-refractivity contribution in [2.75, 3.05) is 19.6 Å². The van der Waals surface area contributed by atoms with Crippen molar-refractivity contribution >= 4 is 5.91 Å². The lowest BCUT2D eigenvalue weighted by Crippen LogP contribution is -2.40. The first kappa shape index (κ1) is 18.6. The summed E-state index contributed by atoms with van der Waals surface area (Å²) >= 11 is 0. The van der Waals surface area contributed by atoms with E-state index in [1.165, 1.54) is 18.4 Å². The van der Waals surface area contributed by atoms with Crippen LogP contribution in [-0.4, -0.2) is 40.0 Å². The highest BCUT2D eigenvalue weighted by molar-refractivity contribution is 5.78. The number of rotatable bonds is 8. The molecule has 0 spiro atoms. The molecule has 6 nitrogen and oxygen atoms in total. The monoisotopic (exact) mass is 355 g/mol. The predicted molar refractivity (Wildman–Crippen MR) is 102 cm³/mol. The van der Waals surface area contributed by atoms with E-state index in [9.17, 15) is 4.79 Å². The van der Waals surface area contributed by atoms with Crippen molar-refractivity contribution in [1.82, 2.24) is 19.8 Å². The maximum atomic E-state index is 12.6. The lowest BCUT2D eigenvalue weighted by atomic mass is 10.1. The Kier molecular flexibility index (Phi) is 6.41. The van der Waals surface area contributed by atoms with E-state index >= 15 is 0 Å². The molecule has 0 radical (unpaired) electrons. The smallest absolute Gasteiger partial charge is 0.234 e. The van der Waals surface area contributed by atoms with E-state index in [2.05, 4.69) is 31.9 Å². The van der Waals surface area contributed by atoms with Gasteiger partial charge in [-0.05, 0) is 25.3 Å². The summed E-state index contributed by atoms with van der Waals surface area (Å²) in [4.78, 5) is 19.2. The average molecular weight is 355 g/mol. The van der Waals surface area contributed by atoms with Gasteiger partial charge < -0.3 is 15.6 Å². The molecule has 2 aromatic rings. The maximum Gasteiger partial charge on any atom is 0.234 e. The number of fused-ring (bicyclic) bond motifs is 1. The molecule has 0 fully saturated rings. The summed E-state index contributed by atoms with van der Waals surface area (Å²) in [7, 11) is 0. The molecule has 3 N–H and O–H groups in total. The van der Waals surface area contributed by atoms with Gasteiger partial charge in [-0.1, -0.05) is 30.3 Å². The molecule has 0 aliphatic carbocycles. The Balaban J connectivity index is 1.58. The minimum atomic E-state index is -0.0432. The van der Waals surface area contributed by atoms with Crippen LogP contribution in [0.1, 0.15) is 42.9 Å². The number of carbonyl (C=O) groups excluding carboxylic acids is 1. The fourth-order valence-electron chi connectivity index (χ4n) is 3.59. The molecule has 26 heavy (non-hydrogen) atoms. The van der Waals surface area contributed by atoms with Gasteiger partial charge in [0.1, 0.15) is 5.82 Å². The summed E-state index contributed by atoms with van der Waals surface area (Å²) in [5.74, 6) is 1.16. The second-order valence-corrected chi connectivity index (χ2v) is 6.98. The highest BCUT2D eigenvalue weighted by Gasteiger charge is 2.20. The quantitative estimate of drug-likeness (QED) is 0.758. The Labute approximate surface area is 155 Å². The molecule has 3 rings (SSSR count). The number of nitrogens with zero attached hydrogens (tertiary/aromatic N) is 3. The summed E-state index contributed by atoms with van der Waals surface area (Å²) in [5.41, 5.74) is 8.01. The van der Waals surface area contributed by atoms with Crippen molar-refractivity contribution < 1.29 is 4.79 Å². The van der Waals surface area contributed by atoms with Crippen LogP contribution in [-0.2, 0) is 24.3 Å². The van der Waals surface area contributed by atoms with Crippen molar-refractivity contribution in [3.63, 3.8) is 0 Å². The second-order valence-electron chi connectivity index (χ2n) is 6.98. The van der Waals surface area contributed by atoms with Gasteiger partial charge >= 0.3 is 0 Å². The topological polar surface area (TPSA) is 76.2 Å². The first-order valence-electron chi connectivity index (χ1n) is 9.47. The molecule has 1 atom stereocenters. The fraction of sp³-hybridized carbons (Fsp3) is 0.500.